The number of ether oxygens (including phenoxy) is 2. The molecule has 0 aromatic heterocycles. The van der Waals surface area contributed by atoms with E-state index in [-0.39, 0.29) is 11.5 Å². The van der Waals surface area contributed by atoms with Crippen LogP contribution in [0.3, 0.4) is 0 Å². The van der Waals surface area contributed by atoms with Crippen LogP contribution in [0.4, 0.5) is 0 Å². The number of carbonyl (C=O) groups excluding carboxylic acids is 2. The van der Waals surface area contributed by atoms with Crippen molar-refractivity contribution in [2.24, 2.45) is 0 Å². The minimum absolute atomic E-state index is 0.127. The average Bonchev–Trinajstić information content (AvgIpc) is 3.35. The van der Waals surface area contributed by atoms with Gasteiger partial charge in [0.1, 0.15) is 23.0 Å². The highest BCUT2D eigenvalue weighted by molar-refractivity contribution is 6.29. The Morgan fingerprint density at radius 3 is 1.01 bits per heavy atom. The molecule has 2 N–H and O–H groups in total. The molecule has 0 aliphatic rings. The van der Waals surface area contributed by atoms with E-state index in [0.717, 1.165) is 75.8 Å². The van der Waals surface area contributed by atoms with Crippen LogP contribution in [0.1, 0.15) is 43.0 Å². The number of aryl methyl sites for hydroxylation is 4. The van der Waals surface area contributed by atoms with Crippen molar-refractivity contribution in [3.8, 4) is 45.3 Å². The Morgan fingerprint density at radius 2 is 0.647 bits per heavy atom. The number of rotatable bonds is 6. The summed E-state index contributed by atoms with van der Waals surface area (Å²) in [6.45, 7) is 7.61. The lowest BCUT2D eigenvalue weighted by Gasteiger charge is -2.21. The predicted molar refractivity (Wildman–Crippen MR) is 276 cm³/mol. The lowest BCUT2D eigenvalue weighted by Crippen LogP contribution is -2.12. The summed E-state index contributed by atoms with van der Waals surface area (Å²) in [5.74, 6) is -0.114. The normalized spacial score (nSPS) is 11.8. The molecule has 0 amide bonds. The van der Waals surface area contributed by atoms with Gasteiger partial charge in [0.05, 0.1) is 11.1 Å². The van der Waals surface area contributed by atoms with Gasteiger partial charge in [0.25, 0.3) is 0 Å². The number of carbonyl (C=O) groups is 2. The van der Waals surface area contributed by atoms with Crippen molar-refractivity contribution >= 4 is 87.3 Å². The highest BCUT2D eigenvalue weighted by Gasteiger charge is 2.27. The van der Waals surface area contributed by atoms with E-state index in [4.69, 9.17) is 9.47 Å². The monoisotopic (exact) mass is 882 g/mol. The number of hydrogen-bond donors (Lipinski definition) is 2. The van der Waals surface area contributed by atoms with Gasteiger partial charge in [0.2, 0.25) is 0 Å². The zero-order chi connectivity index (χ0) is 46.5. The van der Waals surface area contributed by atoms with E-state index in [0.29, 0.717) is 66.8 Å². The molecule has 0 radical (unpaired) electrons. The minimum Gasteiger partial charge on any atom is -0.507 e. The molecule has 68 heavy (non-hydrogen) atoms. The summed E-state index contributed by atoms with van der Waals surface area (Å²) >= 11 is 0. The third kappa shape index (κ3) is 6.18. The van der Waals surface area contributed by atoms with Crippen LogP contribution in [-0.4, -0.2) is 22.2 Å². The number of esters is 2. The van der Waals surface area contributed by atoms with Gasteiger partial charge in [-0.2, -0.15) is 0 Å². The molecule has 0 fully saturated rings. The third-order valence-corrected chi connectivity index (χ3v) is 13.8. The zero-order valence-corrected chi connectivity index (χ0v) is 37.7. The van der Waals surface area contributed by atoms with Gasteiger partial charge in [-0.3, -0.25) is 0 Å². The van der Waals surface area contributed by atoms with Gasteiger partial charge in [-0.25, -0.2) is 9.59 Å². The summed E-state index contributed by atoms with van der Waals surface area (Å²) in [6, 6.07) is 54.9. The molecule has 0 heterocycles. The van der Waals surface area contributed by atoms with E-state index in [1.54, 1.807) is 12.1 Å². The molecule has 0 aliphatic carbocycles. The Kier molecular flexibility index (Phi) is 9.25. The number of benzene rings is 12. The SMILES string of the molecule is Cc1cc2ccccc2c(-c2c(OC(=O)c3ccc4ccc5c(C(=O)Oc6c(C)cc7ccccc7c6-c6c(O)c(C)cc7ccccc67)ccc6ccc3c4c65)c(C)cc3ccccc23)c1O. The van der Waals surface area contributed by atoms with Crippen molar-refractivity contribution in [1.82, 2.24) is 0 Å². The van der Waals surface area contributed by atoms with Gasteiger partial charge in [-0.1, -0.05) is 133 Å². The number of fused-ring (bicyclic) bond motifs is 4. The quantitative estimate of drug-likeness (QED) is 0.0982. The smallest absolute Gasteiger partial charge is 0.344 e. The van der Waals surface area contributed by atoms with Crippen LogP contribution in [0.15, 0.2) is 170 Å². The molecule has 6 nitrogen and oxygen atoms in total. The summed E-state index contributed by atoms with van der Waals surface area (Å²) in [6.07, 6.45) is 0. The summed E-state index contributed by atoms with van der Waals surface area (Å²) in [5, 5.41) is 35.6. The molecule has 6 heteroatoms. The number of aromatic hydroxyl groups is 2. The standard InChI is InChI=1S/C62H42O6/c1-33-29-39-13-5-9-17-43(39)53(57(33)63)55-45-19-11-7-15-41(45)31-35(3)59(55)67-61(65)49-27-23-37-22-26-48-50(28-24-38-21-25-47(49)51(37)52(38)48)62(66)68-60-36(4)32-42-16-8-12-20-46(42)56(60)54-44-18-10-6-14-40(44)30-34(2)58(54)64/h5-32,63-64H,1-4H3. The molecule has 12 aromatic carbocycles. The molecule has 0 unspecified atom stereocenters. The van der Waals surface area contributed by atoms with Gasteiger partial charge < -0.3 is 19.7 Å². The molecule has 0 saturated heterocycles. The predicted octanol–water partition coefficient (Wildman–Crippen LogP) is 15.6. The second-order valence-electron chi connectivity index (χ2n) is 17.9. The summed E-state index contributed by atoms with van der Waals surface area (Å²) in [4.78, 5) is 29.7. The Labute approximate surface area is 391 Å². The maximum Gasteiger partial charge on any atom is 0.344 e. The van der Waals surface area contributed by atoms with Crippen molar-refractivity contribution in [3.05, 3.63) is 203 Å². The largest absolute Gasteiger partial charge is 0.507 e. The Balaban J connectivity index is 0.994. The maximum atomic E-state index is 14.9. The molecule has 326 valence electrons. The third-order valence-electron chi connectivity index (χ3n) is 13.8. The van der Waals surface area contributed by atoms with Crippen LogP contribution in [-0.2, 0) is 0 Å². The van der Waals surface area contributed by atoms with Gasteiger partial charge in [-0.05, 0) is 162 Å². The molecule has 0 atom stereocenters. The second kappa shape index (κ2) is 15.4. The fourth-order valence-corrected chi connectivity index (χ4v) is 10.6. The van der Waals surface area contributed by atoms with Crippen molar-refractivity contribution in [1.29, 1.82) is 0 Å². The number of phenolic OH excluding ortho intramolecular Hbond substituents is 2. The molecular weight excluding hydrogens is 841 g/mol. The summed E-state index contributed by atoms with van der Waals surface area (Å²) < 4.78 is 13.2. The first kappa shape index (κ1) is 40.7. The van der Waals surface area contributed by atoms with E-state index < -0.39 is 11.9 Å². The summed E-state index contributed by atoms with van der Waals surface area (Å²) in [7, 11) is 0. The van der Waals surface area contributed by atoms with Crippen LogP contribution in [0.5, 0.6) is 23.0 Å². The average molecular weight is 883 g/mol. The van der Waals surface area contributed by atoms with E-state index in [1.807, 2.05) is 185 Å². The van der Waals surface area contributed by atoms with E-state index in [2.05, 4.69) is 0 Å². The highest BCUT2D eigenvalue weighted by atomic mass is 16.5. The van der Waals surface area contributed by atoms with E-state index in [9.17, 15) is 19.8 Å². The lowest BCUT2D eigenvalue weighted by atomic mass is 9.89. The van der Waals surface area contributed by atoms with Gasteiger partial charge in [-0.15, -0.1) is 0 Å². The Hall–Kier alpha value is -8.74. The topological polar surface area (TPSA) is 93.1 Å². The van der Waals surface area contributed by atoms with Crippen LogP contribution >= 0.6 is 0 Å². The fourth-order valence-electron chi connectivity index (χ4n) is 10.6. The van der Waals surface area contributed by atoms with Gasteiger partial charge in [0.15, 0.2) is 0 Å². The fraction of sp³-hybridized carbons (Fsp3) is 0.0645. The molecule has 0 saturated carbocycles. The second-order valence-corrected chi connectivity index (χ2v) is 17.9. The van der Waals surface area contributed by atoms with Crippen LogP contribution in [0.2, 0.25) is 0 Å². The van der Waals surface area contributed by atoms with Crippen LogP contribution in [0, 0.1) is 27.7 Å². The van der Waals surface area contributed by atoms with Crippen molar-refractivity contribution in [3.63, 3.8) is 0 Å². The first-order valence-electron chi connectivity index (χ1n) is 22.7. The molecule has 0 aliphatic heterocycles. The van der Waals surface area contributed by atoms with Gasteiger partial charge in [0, 0.05) is 22.3 Å². The van der Waals surface area contributed by atoms with Crippen LogP contribution < -0.4 is 9.47 Å². The van der Waals surface area contributed by atoms with Crippen molar-refractivity contribution in [2.75, 3.05) is 0 Å². The first-order chi connectivity index (χ1) is 33.0. The Morgan fingerprint density at radius 1 is 0.338 bits per heavy atom. The Bertz CT molecular complexity index is 3880. The number of phenols is 2. The highest BCUT2D eigenvalue weighted by Crippen LogP contribution is 2.50. The number of hydrogen-bond acceptors (Lipinski definition) is 6. The molecule has 0 bridgehead atoms. The molecule has 12 aromatic rings. The van der Waals surface area contributed by atoms with Crippen LogP contribution in [0.25, 0.3) is 97.7 Å². The summed E-state index contributed by atoms with van der Waals surface area (Å²) in [5.41, 5.74) is 6.12. The molecule has 0 spiro atoms. The molecule has 12 rings (SSSR count). The molecular formula is C62H42O6. The van der Waals surface area contributed by atoms with E-state index >= 15 is 0 Å². The maximum absolute atomic E-state index is 14.9. The zero-order valence-electron chi connectivity index (χ0n) is 37.7. The lowest BCUT2D eigenvalue weighted by molar-refractivity contribution is 0.0727. The van der Waals surface area contributed by atoms with E-state index in [1.165, 1.54) is 0 Å². The van der Waals surface area contributed by atoms with Crippen molar-refractivity contribution < 1.29 is 29.3 Å². The van der Waals surface area contributed by atoms with Crippen molar-refractivity contribution in [2.45, 2.75) is 27.7 Å². The first-order valence-corrected chi connectivity index (χ1v) is 22.7. The minimum atomic E-state index is -0.551. The van der Waals surface area contributed by atoms with Gasteiger partial charge >= 0.3 is 11.9 Å².